The molecule has 0 aliphatic rings. The number of thiazole rings is 1. The highest BCUT2D eigenvalue weighted by Gasteiger charge is 2.17. The van der Waals surface area contributed by atoms with Gasteiger partial charge in [-0.3, -0.25) is 20.1 Å². The van der Waals surface area contributed by atoms with Crippen molar-refractivity contribution < 1.29 is 4.79 Å². The van der Waals surface area contributed by atoms with Crippen molar-refractivity contribution in [1.29, 1.82) is 0 Å². The lowest BCUT2D eigenvalue weighted by atomic mass is 10.3. The number of pyridine rings is 1. The van der Waals surface area contributed by atoms with Crippen LogP contribution in [-0.4, -0.2) is 40.8 Å². The third-order valence-corrected chi connectivity index (χ3v) is 4.24. The minimum absolute atomic E-state index is 0.215. The molecule has 128 valence electrons. The second-order valence-corrected chi connectivity index (χ2v) is 6.24. The second kappa shape index (κ2) is 6.94. The van der Waals surface area contributed by atoms with Gasteiger partial charge in [-0.15, -0.1) is 16.4 Å². The van der Waals surface area contributed by atoms with E-state index in [-0.39, 0.29) is 5.69 Å². The number of carbonyl (C=O) groups is 1. The van der Waals surface area contributed by atoms with E-state index in [1.807, 2.05) is 0 Å². The highest BCUT2D eigenvalue weighted by atomic mass is 35.5. The van der Waals surface area contributed by atoms with Gasteiger partial charge in [-0.25, -0.2) is 9.97 Å². The quantitative estimate of drug-likeness (QED) is 0.575. The van der Waals surface area contributed by atoms with E-state index in [0.29, 0.717) is 27.4 Å². The molecule has 0 atom stereocenters. The lowest BCUT2D eigenvalue weighted by Gasteiger charge is -2.04. The van der Waals surface area contributed by atoms with Crippen LogP contribution in [-0.2, 0) is 0 Å². The third-order valence-electron chi connectivity index (χ3n) is 3.26. The number of hydrogen-bond acceptors (Lipinski definition) is 8. The molecular weight excluding hydrogens is 376 g/mol. The first kappa shape index (κ1) is 16.2. The molecule has 0 radical (unpaired) electrons. The summed E-state index contributed by atoms with van der Waals surface area (Å²) in [5, 5.41) is 13.1. The van der Waals surface area contributed by atoms with Gasteiger partial charge < -0.3 is 0 Å². The molecule has 0 unspecified atom stereocenters. The molecule has 9 nitrogen and oxygen atoms in total. The number of hydrogen-bond donors (Lipinski definition) is 1. The van der Waals surface area contributed by atoms with E-state index < -0.39 is 5.91 Å². The normalized spacial score (nSPS) is 10.7. The Morgan fingerprint density at radius 2 is 2.04 bits per heavy atom. The standard InChI is InChI=1S/C15H9ClN8OS/c16-9-1-2-10(19-5-9)11-8-26-15(21-11)22-14(25)12-6-20-23-24(12)13-7-17-3-4-18-13/h1-8H,(H,21,22,25). The second-order valence-electron chi connectivity index (χ2n) is 4.95. The zero-order valence-electron chi connectivity index (χ0n) is 12.9. The fourth-order valence-corrected chi connectivity index (χ4v) is 2.91. The minimum atomic E-state index is -0.411. The van der Waals surface area contributed by atoms with Gasteiger partial charge >= 0.3 is 0 Å². The zero-order valence-corrected chi connectivity index (χ0v) is 14.5. The molecule has 0 spiro atoms. The van der Waals surface area contributed by atoms with Crippen molar-refractivity contribution in [1.82, 2.24) is 34.9 Å². The Balaban J connectivity index is 1.55. The summed E-state index contributed by atoms with van der Waals surface area (Å²) in [5.74, 6) is -0.0223. The number of carbonyl (C=O) groups excluding carboxylic acids is 1. The van der Waals surface area contributed by atoms with E-state index in [0.717, 1.165) is 0 Å². The van der Waals surface area contributed by atoms with Crippen LogP contribution >= 0.6 is 22.9 Å². The van der Waals surface area contributed by atoms with Gasteiger partial charge in [0.15, 0.2) is 16.6 Å². The van der Waals surface area contributed by atoms with Crippen molar-refractivity contribution in [2.75, 3.05) is 5.32 Å². The average Bonchev–Trinajstić information content (AvgIpc) is 3.32. The van der Waals surface area contributed by atoms with E-state index in [9.17, 15) is 4.79 Å². The predicted molar refractivity (Wildman–Crippen MR) is 95.3 cm³/mol. The largest absolute Gasteiger partial charge is 0.296 e. The first-order valence-electron chi connectivity index (χ1n) is 7.26. The van der Waals surface area contributed by atoms with Crippen molar-refractivity contribution >= 4 is 34.0 Å². The number of aromatic nitrogens is 7. The van der Waals surface area contributed by atoms with Crippen LogP contribution in [0.2, 0.25) is 5.02 Å². The summed E-state index contributed by atoms with van der Waals surface area (Å²) in [5.41, 5.74) is 1.52. The molecule has 11 heteroatoms. The molecule has 0 bridgehead atoms. The van der Waals surface area contributed by atoms with Gasteiger partial charge in [-0.2, -0.15) is 4.68 Å². The molecular formula is C15H9ClN8OS. The van der Waals surface area contributed by atoms with Gasteiger partial charge in [0.2, 0.25) is 0 Å². The van der Waals surface area contributed by atoms with Crippen molar-refractivity contribution in [2.24, 2.45) is 0 Å². The van der Waals surface area contributed by atoms with E-state index >= 15 is 0 Å². The molecule has 0 aliphatic heterocycles. The monoisotopic (exact) mass is 384 g/mol. The van der Waals surface area contributed by atoms with Gasteiger partial charge in [-0.05, 0) is 12.1 Å². The summed E-state index contributed by atoms with van der Waals surface area (Å²) in [4.78, 5) is 29.2. The summed E-state index contributed by atoms with van der Waals surface area (Å²) in [6.45, 7) is 0. The molecule has 4 aromatic heterocycles. The fraction of sp³-hybridized carbons (Fsp3) is 0. The Morgan fingerprint density at radius 3 is 2.81 bits per heavy atom. The van der Waals surface area contributed by atoms with Crippen LogP contribution in [0.15, 0.2) is 48.5 Å². The summed E-state index contributed by atoms with van der Waals surface area (Å²) in [7, 11) is 0. The zero-order chi connectivity index (χ0) is 17.9. The van der Waals surface area contributed by atoms with Gasteiger partial charge in [0, 0.05) is 24.0 Å². The lowest BCUT2D eigenvalue weighted by Crippen LogP contribution is -2.17. The van der Waals surface area contributed by atoms with Gasteiger partial charge in [0.25, 0.3) is 5.91 Å². The Hall–Kier alpha value is -3.24. The molecule has 0 saturated heterocycles. The molecule has 1 N–H and O–H groups in total. The third kappa shape index (κ3) is 3.27. The lowest BCUT2D eigenvalue weighted by molar-refractivity contribution is 0.101. The number of halogens is 1. The fourth-order valence-electron chi connectivity index (χ4n) is 2.10. The van der Waals surface area contributed by atoms with Crippen LogP contribution in [0, 0.1) is 0 Å². The molecule has 4 aromatic rings. The number of anilines is 1. The van der Waals surface area contributed by atoms with Crippen LogP contribution in [0.1, 0.15) is 10.5 Å². The number of nitrogens with one attached hydrogen (secondary N) is 1. The molecule has 0 aliphatic carbocycles. The maximum atomic E-state index is 12.5. The van der Waals surface area contributed by atoms with Gasteiger partial charge in [0.1, 0.15) is 5.69 Å². The maximum absolute atomic E-state index is 12.5. The van der Waals surface area contributed by atoms with Crippen molar-refractivity contribution in [2.45, 2.75) is 0 Å². The topological polar surface area (TPSA) is 111 Å². The Bertz CT molecular complexity index is 1050. The molecule has 1 amide bonds. The van der Waals surface area contributed by atoms with Crippen molar-refractivity contribution in [3.05, 3.63) is 59.2 Å². The number of nitrogens with zero attached hydrogens (tertiary/aromatic N) is 7. The molecule has 26 heavy (non-hydrogen) atoms. The maximum Gasteiger partial charge on any atom is 0.277 e. The molecule has 0 fully saturated rings. The highest BCUT2D eigenvalue weighted by molar-refractivity contribution is 7.14. The van der Waals surface area contributed by atoms with Gasteiger partial charge in [0.05, 0.1) is 23.1 Å². The minimum Gasteiger partial charge on any atom is -0.296 e. The summed E-state index contributed by atoms with van der Waals surface area (Å²) >= 11 is 7.12. The molecule has 0 aromatic carbocycles. The smallest absolute Gasteiger partial charge is 0.277 e. The van der Waals surface area contributed by atoms with Crippen molar-refractivity contribution in [3.63, 3.8) is 0 Å². The SMILES string of the molecule is O=C(Nc1nc(-c2ccc(Cl)cn2)cs1)c1cnnn1-c1cnccn1. The van der Waals surface area contributed by atoms with Crippen LogP contribution in [0.4, 0.5) is 5.13 Å². The molecule has 0 saturated carbocycles. The number of rotatable bonds is 4. The van der Waals surface area contributed by atoms with Crippen LogP contribution in [0.3, 0.4) is 0 Å². The van der Waals surface area contributed by atoms with Gasteiger partial charge in [-0.1, -0.05) is 16.8 Å². The molecule has 4 rings (SSSR count). The predicted octanol–water partition coefficient (Wildman–Crippen LogP) is 2.48. The van der Waals surface area contributed by atoms with E-state index in [2.05, 4.69) is 35.6 Å². The van der Waals surface area contributed by atoms with Crippen LogP contribution < -0.4 is 5.32 Å². The van der Waals surface area contributed by atoms with Crippen LogP contribution in [0.5, 0.6) is 0 Å². The van der Waals surface area contributed by atoms with Crippen molar-refractivity contribution in [3.8, 4) is 17.2 Å². The summed E-state index contributed by atoms with van der Waals surface area (Å²) in [6.07, 6.45) is 7.41. The molecule has 4 heterocycles. The summed E-state index contributed by atoms with van der Waals surface area (Å²) in [6, 6.07) is 3.49. The first-order chi connectivity index (χ1) is 12.7. The summed E-state index contributed by atoms with van der Waals surface area (Å²) < 4.78 is 1.30. The first-order valence-corrected chi connectivity index (χ1v) is 8.52. The van der Waals surface area contributed by atoms with E-state index in [4.69, 9.17) is 11.6 Å². The Morgan fingerprint density at radius 1 is 1.12 bits per heavy atom. The average molecular weight is 385 g/mol. The van der Waals surface area contributed by atoms with Crippen LogP contribution in [0.25, 0.3) is 17.2 Å². The van der Waals surface area contributed by atoms with E-state index in [1.165, 1.54) is 40.8 Å². The Labute approximate surface area is 155 Å². The number of amides is 1. The highest BCUT2D eigenvalue weighted by Crippen LogP contribution is 2.24. The van der Waals surface area contributed by atoms with E-state index in [1.54, 1.807) is 23.7 Å². The Kier molecular flexibility index (Phi) is 4.33.